The third-order valence-corrected chi connectivity index (χ3v) is 3.34. The van der Waals surface area contributed by atoms with E-state index in [2.05, 4.69) is 11.9 Å². The highest BCUT2D eigenvalue weighted by atomic mass is 16.3. The zero-order valence-corrected chi connectivity index (χ0v) is 11.6. The van der Waals surface area contributed by atoms with Crippen LogP contribution in [-0.2, 0) is 4.79 Å². The van der Waals surface area contributed by atoms with Crippen LogP contribution in [0.3, 0.4) is 0 Å². The van der Waals surface area contributed by atoms with Crippen LogP contribution in [0.4, 0.5) is 0 Å². The molecule has 0 aliphatic rings. The Kier molecular flexibility index (Phi) is 7.60. The van der Waals surface area contributed by atoms with Gasteiger partial charge < -0.3 is 5.11 Å². The van der Waals surface area contributed by atoms with Crippen molar-refractivity contribution < 1.29 is 9.90 Å². The van der Waals surface area contributed by atoms with E-state index in [4.69, 9.17) is 0 Å². The fourth-order valence-corrected chi connectivity index (χ4v) is 2.24. The Balaban J connectivity index is 2.46. The van der Waals surface area contributed by atoms with Gasteiger partial charge in [-0.05, 0) is 12.5 Å². The third-order valence-electron chi connectivity index (χ3n) is 3.34. The lowest BCUT2D eigenvalue weighted by molar-refractivity contribution is 0.454. The number of hydrogen-bond acceptors (Lipinski definition) is 3. The lowest BCUT2D eigenvalue weighted by Gasteiger charge is -2.12. The molecule has 1 atom stereocenters. The molecular formula is C16H23NO2. The maximum atomic E-state index is 10.5. The number of aromatic hydroxyl groups is 1. The van der Waals surface area contributed by atoms with Gasteiger partial charge in [-0.15, -0.1) is 0 Å². The number of hydrogen-bond donors (Lipinski definition) is 1. The summed E-state index contributed by atoms with van der Waals surface area (Å²) in [4.78, 5) is 14.3. The quantitative estimate of drug-likeness (QED) is 0.403. The first-order valence-electron chi connectivity index (χ1n) is 7.14. The van der Waals surface area contributed by atoms with Crippen molar-refractivity contribution in [3.8, 4) is 5.75 Å². The summed E-state index contributed by atoms with van der Waals surface area (Å²) in [7, 11) is 0. The number of carbonyl (C=O) groups excluding carboxylic acids is 1. The minimum atomic E-state index is -0.259. The fourth-order valence-electron chi connectivity index (χ4n) is 2.24. The van der Waals surface area contributed by atoms with E-state index in [1.807, 2.05) is 12.1 Å². The SMILES string of the molecule is CCCCCCCCC(N=C=O)c1ccccc1O. The van der Waals surface area contributed by atoms with Crippen molar-refractivity contribution in [1.82, 2.24) is 0 Å². The number of para-hydroxylation sites is 1. The second kappa shape index (κ2) is 9.35. The molecule has 0 saturated carbocycles. The highest BCUT2D eigenvalue weighted by Crippen LogP contribution is 2.30. The normalized spacial score (nSPS) is 11.8. The highest BCUT2D eigenvalue weighted by Gasteiger charge is 2.13. The Labute approximate surface area is 115 Å². The van der Waals surface area contributed by atoms with Crippen LogP contribution in [0.5, 0.6) is 5.75 Å². The molecule has 1 N–H and O–H groups in total. The molecule has 0 aliphatic carbocycles. The topological polar surface area (TPSA) is 49.7 Å². The van der Waals surface area contributed by atoms with Crippen LogP contribution >= 0.6 is 0 Å². The van der Waals surface area contributed by atoms with E-state index in [9.17, 15) is 9.90 Å². The molecule has 0 bridgehead atoms. The van der Waals surface area contributed by atoms with Gasteiger partial charge in [0, 0.05) is 5.56 Å². The van der Waals surface area contributed by atoms with E-state index in [-0.39, 0.29) is 11.8 Å². The van der Waals surface area contributed by atoms with Gasteiger partial charge >= 0.3 is 0 Å². The van der Waals surface area contributed by atoms with E-state index in [1.165, 1.54) is 25.7 Å². The molecule has 0 fully saturated rings. The van der Waals surface area contributed by atoms with E-state index in [0.717, 1.165) is 24.8 Å². The number of rotatable bonds is 9. The molecular weight excluding hydrogens is 238 g/mol. The summed E-state index contributed by atoms with van der Waals surface area (Å²) < 4.78 is 0. The molecule has 0 aromatic heterocycles. The molecule has 1 rings (SSSR count). The molecule has 1 aromatic rings. The van der Waals surface area contributed by atoms with E-state index < -0.39 is 0 Å². The van der Waals surface area contributed by atoms with Crippen molar-refractivity contribution >= 4 is 6.08 Å². The van der Waals surface area contributed by atoms with Crippen molar-refractivity contribution in [1.29, 1.82) is 0 Å². The molecule has 0 saturated heterocycles. The van der Waals surface area contributed by atoms with E-state index in [0.29, 0.717) is 0 Å². The Morgan fingerprint density at radius 2 is 1.84 bits per heavy atom. The van der Waals surface area contributed by atoms with Crippen molar-refractivity contribution in [3.63, 3.8) is 0 Å². The molecule has 0 radical (unpaired) electrons. The molecule has 3 heteroatoms. The number of isocyanates is 1. The van der Waals surface area contributed by atoms with Gasteiger partial charge in [0.2, 0.25) is 6.08 Å². The third kappa shape index (κ3) is 5.71. The summed E-state index contributed by atoms with van der Waals surface area (Å²) in [5.41, 5.74) is 0.722. The van der Waals surface area contributed by atoms with Crippen molar-refractivity contribution in [2.24, 2.45) is 4.99 Å². The molecule has 0 spiro atoms. The molecule has 3 nitrogen and oxygen atoms in total. The number of nitrogens with zero attached hydrogens (tertiary/aromatic N) is 1. The van der Waals surface area contributed by atoms with Gasteiger partial charge in [0.25, 0.3) is 0 Å². The Morgan fingerprint density at radius 3 is 2.53 bits per heavy atom. The van der Waals surface area contributed by atoms with Crippen LogP contribution in [0.25, 0.3) is 0 Å². The zero-order valence-electron chi connectivity index (χ0n) is 11.6. The first-order chi connectivity index (χ1) is 9.29. The predicted molar refractivity (Wildman–Crippen MR) is 77.0 cm³/mol. The Hall–Kier alpha value is -1.60. The minimum absolute atomic E-state index is 0.206. The van der Waals surface area contributed by atoms with Crippen LogP contribution < -0.4 is 0 Å². The van der Waals surface area contributed by atoms with Crippen LogP contribution in [0.1, 0.15) is 63.5 Å². The summed E-state index contributed by atoms with van der Waals surface area (Å²) in [5.74, 6) is 0.206. The number of aliphatic imine (C=N–C) groups is 1. The lowest BCUT2D eigenvalue weighted by Crippen LogP contribution is -1.96. The fraction of sp³-hybridized carbons (Fsp3) is 0.562. The largest absolute Gasteiger partial charge is 0.508 e. The van der Waals surface area contributed by atoms with Crippen molar-refractivity contribution in [2.45, 2.75) is 57.9 Å². The van der Waals surface area contributed by atoms with Crippen molar-refractivity contribution in [3.05, 3.63) is 29.8 Å². The summed E-state index contributed by atoms with van der Waals surface area (Å²) in [6, 6.07) is 6.81. The molecule has 1 unspecified atom stereocenters. The van der Waals surface area contributed by atoms with Crippen LogP contribution in [0.2, 0.25) is 0 Å². The second-order valence-electron chi connectivity index (χ2n) is 4.85. The number of phenols is 1. The average molecular weight is 261 g/mol. The predicted octanol–water partition coefficient (Wildman–Crippen LogP) is 4.52. The first kappa shape index (κ1) is 15.5. The van der Waals surface area contributed by atoms with Gasteiger partial charge in [-0.1, -0.05) is 63.6 Å². The van der Waals surface area contributed by atoms with Crippen LogP contribution in [-0.4, -0.2) is 11.2 Å². The minimum Gasteiger partial charge on any atom is -0.508 e. The first-order valence-corrected chi connectivity index (χ1v) is 7.14. The molecule has 0 amide bonds. The summed E-state index contributed by atoms with van der Waals surface area (Å²) in [6.45, 7) is 2.20. The maximum Gasteiger partial charge on any atom is 0.235 e. The lowest BCUT2D eigenvalue weighted by atomic mass is 9.99. The van der Waals surface area contributed by atoms with Gasteiger partial charge in [-0.25, -0.2) is 4.79 Å². The van der Waals surface area contributed by atoms with Crippen molar-refractivity contribution in [2.75, 3.05) is 0 Å². The van der Waals surface area contributed by atoms with Crippen LogP contribution in [0.15, 0.2) is 29.3 Å². The molecule has 104 valence electrons. The Morgan fingerprint density at radius 1 is 1.16 bits per heavy atom. The van der Waals surface area contributed by atoms with Crippen LogP contribution in [0, 0.1) is 0 Å². The molecule has 0 aliphatic heterocycles. The average Bonchev–Trinajstić information content (AvgIpc) is 2.42. The highest BCUT2D eigenvalue weighted by molar-refractivity contribution is 5.39. The van der Waals surface area contributed by atoms with Gasteiger partial charge in [0.05, 0.1) is 6.04 Å². The van der Waals surface area contributed by atoms with Gasteiger partial charge in [0.1, 0.15) is 5.75 Å². The molecule has 0 heterocycles. The number of phenolic OH excluding ortho intramolecular Hbond substituents is 1. The summed E-state index contributed by atoms with van der Waals surface area (Å²) in [5, 5.41) is 9.79. The zero-order chi connectivity index (χ0) is 13.9. The Bertz CT molecular complexity index is 411. The molecule has 19 heavy (non-hydrogen) atoms. The van der Waals surface area contributed by atoms with Gasteiger partial charge in [-0.2, -0.15) is 4.99 Å². The van der Waals surface area contributed by atoms with E-state index >= 15 is 0 Å². The maximum absolute atomic E-state index is 10.5. The van der Waals surface area contributed by atoms with Gasteiger partial charge in [0.15, 0.2) is 0 Å². The van der Waals surface area contributed by atoms with E-state index in [1.54, 1.807) is 18.2 Å². The monoisotopic (exact) mass is 261 g/mol. The summed E-state index contributed by atoms with van der Waals surface area (Å²) >= 11 is 0. The summed E-state index contributed by atoms with van der Waals surface area (Å²) in [6.07, 6.45) is 9.62. The van der Waals surface area contributed by atoms with Gasteiger partial charge in [-0.3, -0.25) is 0 Å². The smallest absolute Gasteiger partial charge is 0.235 e. The number of unbranched alkanes of at least 4 members (excludes halogenated alkanes) is 5. The standard InChI is InChI=1S/C16H23NO2/c1-2-3-4-5-6-7-11-15(17-13-18)14-10-8-9-12-16(14)19/h8-10,12,15,19H,2-7,11H2,1H3. The number of benzene rings is 1. The second-order valence-corrected chi connectivity index (χ2v) is 4.85. The molecule has 1 aromatic carbocycles.